The van der Waals surface area contributed by atoms with Crippen molar-refractivity contribution >= 4 is 11.5 Å². The van der Waals surface area contributed by atoms with Crippen LogP contribution in [-0.2, 0) is 0 Å². The molecule has 0 saturated heterocycles. The molecule has 3 nitrogen and oxygen atoms in total. The molecule has 1 aromatic rings. The second-order valence-electron chi connectivity index (χ2n) is 4.30. The molecule has 0 aliphatic heterocycles. The van der Waals surface area contributed by atoms with E-state index in [0.717, 1.165) is 29.9 Å². The average Bonchev–Trinajstić information content (AvgIpc) is 2.81. The van der Waals surface area contributed by atoms with Crippen LogP contribution in [0.4, 0.5) is 11.5 Å². The first-order valence-corrected chi connectivity index (χ1v) is 5.09. The van der Waals surface area contributed by atoms with Crippen molar-refractivity contribution in [3.8, 4) is 0 Å². The lowest BCUT2D eigenvalue weighted by Crippen LogP contribution is -2.21. The van der Waals surface area contributed by atoms with Gasteiger partial charge in [0.2, 0.25) is 0 Å². The predicted molar refractivity (Wildman–Crippen MR) is 59.2 cm³/mol. The minimum absolute atomic E-state index is 0.783. The summed E-state index contributed by atoms with van der Waals surface area (Å²) in [6.45, 7) is 3.39. The van der Waals surface area contributed by atoms with E-state index in [9.17, 15) is 0 Å². The van der Waals surface area contributed by atoms with Crippen LogP contribution in [-0.4, -0.2) is 18.6 Å². The molecule has 1 heterocycles. The summed E-state index contributed by atoms with van der Waals surface area (Å²) >= 11 is 0. The lowest BCUT2D eigenvalue weighted by molar-refractivity contribution is 0.720. The summed E-state index contributed by atoms with van der Waals surface area (Å²) in [6.07, 6.45) is 3.12. The van der Waals surface area contributed by atoms with Crippen LogP contribution in [0.1, 0.15) is 13.3 Å². The summed E-state index contributed by atoms with van der Waals surface area (Å²) in [6, 6.07) is 3.74. The normalized spacial score (nSPS) is 24.7. The van der Waals surface area contributed by atoms with Gasteiger partial charge in [0.25, 0.3) is 0 Å². The molecule has 0 aromatic carbocycles. The predicted octanol–water partition coefficient (Wildman–Crippen LogP) is 1.76. The van der Waals surface area contributed by atoms with Crippen molar-refractivity contribution in [3.63, 3.8) is 0 Å². The fraction of sp³-hybridized carbons (Fsp3) is 0.545. The molecule has 2 N–H and O–H groups in total. The molecule has 1 aliphatic rings. The van der Waals surface area contributed by atoms with Crippen LogP contribution in [0, 0.1) is 11.8 Å². The van der Waals surface area contributed by atoms with Gasteiger partial charge >= 0.3 is 0 Å². The Morgan fingerprint density at radius 3 is 2.93 bits per heavy atom. The number of anilines is 2. The number of hydrogen-bond donors (Lipinski definition) is 1. The molecular weight excluding hydrogens is 174 g/mol. The second-order valence-corrected chi connectivity index (χ2v) is 4.30. The van der Waals surface area contributed by atoms with Gasteiger partial charge in [-0.05, 0) is 24.3 Å². The standard InChI is InChI=1S/C11H17N3/c1-8-5-9(8)7-14(2)11-6-10(12)3-4-13-11/h3-4,6,8-9H,5,7H2,1-2H3,(H2,12,13). The van der Waals surface area contributed by atoms with Gasteiger partial charge in [0.15, 0.2) is 0 Å². The van der Waals surface area contributed by atoms with Gasteiger partial charge in [0.05, 0.1) is 0 Å². The van der Waals surface area contributed by atoms with Crippen molar-refractivity contribution in [1.82, 2.24) is 4.98 Å². The molecule has 1 saturated carbocycles. The van der Waals surface area contributed by atoms with Crippen molar-refractivity contribution in [2.75, 3.05) is 24.2 Å². The molecule has 0 amide bonds. The minimum atomic E-state index is 0.783. The molecule has 14 heavy (non-hydrogen) atoms. The summed E-state index contributed by atoms with van der Waals surface area (Å²) in [5.41, 5.74) is 6.49. The highest BCUT2D eigenvalue weighted by Gasteiger charge is 2.33. The van der Waals surface area contributed by atoms with E-state index >= 15 is 0 Å². The zero-order valence-corrected chi connectivity index (χ0v) is 8.77. The minimum Gasteiger partial charge on any atom is -0.399 e. The molecule has 3 heteroatoms. The smallest absolute Gasteiger partial charge is 0.130 e. The molecule has 1 fully saturated rings. The third-order valence-electron chi connectivity index (χ3n) is 2.95. The Hall–Kier alpha value is -1.25. The van der Waals surface area contributed by atoms with Crippen molar-refractivity contribution in [2.45, 2.75) is 13.3 Å². The first-order valence-electron chi connectivity index (χ1n) is 5.09. The third kappa shape index (κ3) is 1.97. The first kappa shape index (κ1) is 9.31. The number of nitrogen functional groups attached to an aromatic ring is 1. The number of pyridine rings is 1. The molecule has 0 radical (unpaired) electrons. The molecule has 2 rings (SSSR count). The van der Waals surface area contributed by atoms with Gasteiger partial charge in [-0.15, -0.1) is 0 Å². The lowest BCUT2D eigenvalue weighted by Gasteiger charge is -2.18. The van der Waals surface area contributed by atoms with Crippen molar-refractivity contribution < 1.29 is 0 Å². The summed E-state index contributed by atoms with van der Waals surface area (Å²) in [5.74, 6) is 2.71. The zero-order chi connectivity index (χ0) is 10.1. The highest BCUT2D eigenvalue weighted by atomic mass is 15.2. The average molecular weight is 191 g/mol. The quantitative estimate of drug-likeness (QED) is 0.791. The molecular formula is C11H17N3. The summed E-state index contributed by atoms with van der Waals surface area (Å²) in [5, 5.41) is 0. The van der Waals surface area contributed by atoms with E-state index in [1.165, 1.54) is 6.42 Å². The van der Waals surface area contributed by atoms with Crippen LogP contribution in [0.2, 0.25) is 0 Å². The SMILES string of the molecule is CC1CC1CN(C)c1cc(N)ccn1. The number of hydrogen-bond acceptors (Lipinski definition) is 3. The van der Waals surface area contributed by atoms with Gasteiger partial charge in [0, 0.05) is 31.5 Å². The fourth-order valence-electron chi connectivity index (χ4n) is 1.74. The van der Waals surface area contributed by atoms with Gasteiger partial charge in [0.1, 0.15) is 5.82 Å². The Labute approximate surface area is 84.9 Å². The molecule has 2 unspecified atom stereocenters. The van der Waals surface area contributed by atoms with E-state index < -0.39 is 0 Å². The van der Waals surface area contributed by atoms with E-state index in [1.54, 1.807) is 6.20 Å². The van der Waals surface area contributed by atoms with Crippen LogP contribution in [0.15, 0.2) is 18.3 Å². The van der Waals surface area contributed by atoms with Gasteiger partial charge in [-0.1, -0.05) is 6.92 Å². The Balaban J connectivity index is 2.00. The van der Waals surface area contributed by atoms with E-state index in [2.05, 4.69) is 23.9 Å². The van der Waals surface area contributed by atoms with Crippen LogP contribution >= 0.6 is 0 Å². The fourth-order valence-corrected chi connectivity index (χ4v) is 1.74. The van der Waals surface area contributed by atoms with Crippen LogP contribution in [0.25, 0.3) is 0 Å². The summed E-state index contributed by atoms with van der Waals surface area (Å²) in [7, 11) is 2.08. The Kier molecular flexibility index (Phi) is 2.32. The van der Waals surface area contributed by atoms with Crippen LogP contribution < -0.4 is 10.6 Å². The highest BCUT2D eigenvalue weighted by Crippen LogP contribution is 2.38. The molecule has 0 bridgehead atoms. The molecule has 1 aliphatic carbocycles. The van der Waals surface area contributed by atoms with E-state index in [1.807, 2.05) is 12.1 Å². The van der Waals surface area contributed by atoms with E-state index in [0.29, 0.717) is 0 Å². The number of nitrogens with zero attached hydrogens (tertiary/aromatic N) is 2. The number of nitrogens with two attached hydrogens (primary N) is 1. The maximum Gasteiger partial charge on any atom is 0.130 e. The van der Waals surface area contributed by atoms with Gasteiger partial charge in [-0.3, -0.25) is 0 Å². The molecule has 76 valence electrons. The van der Waals surface area contributed by atoms with Crippen molar-refractivity contribution in [1.29, 1.82) is 0 Å². The molecule has 0 spiro atoms. The Morgan fingerprint density at radius 1 is 1.64 bits per heavy atom. The summed E-state index contributed by atoms with van der Waals surface area (Å²) < 4.78 is 0. The van der Waals surface area contributed by atoms with Gasteiger partial charge < -0.3 is 10.6 Å². The number of aromatic nitrogens is 1. The Bertz CT molecular complexity index is 324. The van der Waals surface area contributed by atoms with E-state index in [-0.39, 0.29) is 0 Å². The van der Waals surface area contributed by atoms with Crippen molar-refractivity contribution in [2.24, 2.45) is 11.8 Å². The highest BCUT2D eigenvalue weighted by molar-refractivity contribution is 5.49. The maximum absolute atomic E-state index is 5.70. The van der Waals surface area contributed by atoms with Crippen molar-refractivity contribution in [3.05, 3.63) is 18.3 Å². The molecule has 1 aromatic heterocycles. The first-order chi connectivity index (χ1) is 6.66. The van der Waals surface area contributed by atoms with Crippen LogP contribution in [0.5, 0.6) is 0 Å². The monoisotopic (exact) mass is 191 g/mol. The molecule has 2 atom stereocenters. The lowest BCUT2D eigenvalue weighted by atomic mass is 10.3. The largest absolute Gasteiger partial charge is 0.399 e. The van der Waals surface area contributed by atoms with E-state index in [4.69, 9.17) is 5.73 Å². The topological polar surface area (TPSA) is 42.1 Å². The second kappa shape index (κ2) is 3.48. The third-order valence-corrected chi connectivity index (χ3v) is 2.95. The van der Waals surface area contributed by atoms with Gasteiger partial charge in [-0.25, -0.2) is 4.98 Å². The number of rotatable bonds is 3. The maximum atomic E-state index is 5.70. The summed E-state index contributed by atoms with van der Waals surface area (Å²) in [4.78, 5) is 6.48. The zero-order valence-electron chi connectivity index (χ0n) is 8.77. The van der Waals surface area contributed by atoms with Crippen LogP contribution in [0.3, 0.4) is 0 Å². The van der Waals surface area contributed by atoms with Gasteiger partial charge in [-0.2, -0.15) is 0 Å². The Morgan fingerprint density at radius 2 is 2.36 bits per heavy atom.